The van der Waals surface area contributed by atoms with E-state index in [4.69, 9.17) is 5.73 Å². The number of hydrogen-bond donors (Lipinski definition) is 1. The molecule has 0 spiro atoms. The second-order valence-electron chi connectivity index (χ2n) is 4.77. The molecule has 0 fully saturated rings. The van der Waals surface area contributed by atoms with Gasteiger partial charge in [0.2, 0.25) is 0 Å². The highest BCUT2D eigenvalue weighted by atomic mass is 14.9. The lowest BCUT2D eigenvalue weighted by atomic mass is 10.1. The lowest BCUT2D eigenvalue weighted by Gasteiger charge is -2.08. The van der Waals surface area contributed by atoms with Gasteiger partial charge in [0, 0.05) is 10.9 Å². The number of aryl methyl sites for hydroxylation is 2. The van der Waals surface area contributed by atoms with Crippen molar-refractivity contribution in [1.29, 1.82) is 0 Å². The molecule has 3 nitrogen and oxygen atoms in total. The summed E-state index contributed by atoms with van der Waals surface area (Å²) >= 11 is 0. The molecule has 0 aliphatic rings. The predicted octanol–water partition coefficient (Wildman–Crippen LogP) is 3.50. The Balaban J connectivity index is 2.27. The predicted molar refractivity (Wildman–Crippen MR) is 78.9 cm³/mol. The summed E-state index contributed by atoms with van der Waals surface area (Å²) < 4.78 is 0. The van der Waals surface area contributed by atoms with Crippen molar-refractivity contribution in [3.63, 3.8) is 0 Å². The molecule has 3 rings (SSSR count). The normalized spacial score (nSPS) is 10.8. The summed E-state index contributed by atoms with van der Waals surface area (Å²) in [6.45, 7) is 4.09. The molecular formula is C16H15N3. The zero-order valence-corrected chi connectivity index (χ0v) is 11.0. The summed E-state index contributed by atoms with van der Waals surface area (Å²) in [5.74, 6) is 1.22. The Morgan fingerprint density at radius 2 is 1.74 bits per heavy atom. The number of rotatable bonds is 1. The molecule has 0 amide bonds. The fourth-order valence-electron chi connectivity index (χ4n) is 2.21. The van der Waals surface area contributed by atoms with Crippen molar-refractivity contribution in [1.82, 2.24) is 9.97 Å². The lowest BCUT2D eigenvalue weighted by Crippen LogP contribution is -1.99. The second kappa shape index (κ2) is 4.35. The number of fused-ring (bicyclic) bond motifs is 1. The van der Waals surface area contributed by atoms with E-state index in [0.29, 0.717) is 11.6 Å². The maximum Gasteiger partial charge on any atom is 0.162 e. The van der Waals surface area contributed by atoms with Crippen LogP contribution < -0.4 is 5.73 Å². The first-order valence-electron chi connectivity index (χ1n) is 6.25. The van der Waals surface area contributed by atoms with Crippen LogP contribution in [0.1, 0.15) is 11.1 Å². The van der Waals surface area contributed by atoms with Gasteiger partial charge in [0.05, 0.1) is 5.52 Å². The van der Waals surface area contributed by atoms with Crippen molar-refractivity contribution in [3.8, 4) is 11.4 Å². The summed E-state index contributed by atoms with van der Waals surface area (Å²) in [6, 6.07) is 14.1. The minimum atomic E-state index is 0.534. The highest BCUT2D eigenvalue weighted by Gasteiger charge is 2.09. The number of hydrogen-bond acceptors (Lipinski definition) is 3. The summed E-state index contributed by atoms with van der Waals surface area (Å²) in [4.78, 5) is 9.06. The molecule has 0 saturated carbocycles. The van der Waals surface area contributed by atoms with E-state index < -0.39 is 0 Å². The van der Waals surface area contributed by atoms with E-state index in [1.54, 1.807) is 0 Å². The van der Waals surface area contributed by atoms with Gasteiger partial charge in [0.1, 0.15) is 5.82 Å². The third-order valence-corrected chi connectivity index (χ3v) is 3.27. The van der Waals surface area contributed by atoms with Crippen LogP contribution in [0.5, 0.6) is 0 Å². The van der Waals surface area contributed by atoms with E-state index in [0.717, 1.165) is 27.6 Å². The van der Waals surface area contributed by atoms with Gasteiger partial charge in [0.25, 0.3) is 0 Å². The van der Waals surface area contributed by atoms with E-state index >= 15 is 0 Å². The van der Waals surface area contributed by atoms with Crippen LogP contribution in [-0.2, 0) is 0 Å². The summed E-state index contributed by atoms with van der Waals surface area (Å²) in [5.41, 5.74) is 10.3. The molecule has 1 heterocycles. The fourth-order valence-corrected chi connectivity index (χ4v) is 2.21. The van der Waals surface area contributed by atoms with Crippen LogP contribution in [-0.4, -0.2) is 9.97 Å². The van der Waals surface area contributed by atoms with Crippen molar-refractivity contribution in [2.24, 2.45) is 0 Å². The smallest absolute Gasteiger partial charge is 0.162 e. The van der Waals surface area contributed by atoms with Gasteiger partial charge < -0.3 is 5.73 Å². The number of anilines is 1. The van der Waals surface area contributed by atoms with Gasteiger partial charge >= 0.3 is 0 Å². The standard InChI is InChI=1S/C16H15N3/c1-10-7-8-14-13(9-10)15(17)19-16(18-14)12-6-4-3-5-11(12)2/h3-9H,1-2H3,(H2,17,18,19). The molecule has 0 radical (unpaired) electrons. The second-order valence-corrected chi connectivity index (χ2v) is 4.77. The van der Waals surface area contributed by atoms with Gasteiger partial charge in [-0.15, -0.1) is 0 Å². The zero-order valence-electron chi connectivity index (χ0n) is 11.0. The highest BCUT2D eigenvalue weighted by molar-refractivity contribution is 5.90. The zero-order chi connectivity index (χ0) is 13.4. The molecular weight excluding hydrogens is 234 g/mol. The molecule has 0 saturated heterocycles. The molecule has 3 aromatic rings. The van der Waals surface area contributed by atoms with Crippen LogP contribution in [0.2, 0.25) is 0 Å². The van der Waals surface area contributed by atoms with Gasteiger partial charge in [-0.25, -0.2) is 9.97 Å². The third kappa shape index (κ3) is 2.03. The monoisotopic (exact) mass is 249 g/mol. The SMILES string of the molecule is Cc1ccc2nc(-c3ccccc3C)nc(N)c2c1. The molecule has 3 heteroatoms. The van der Waals surface area contributed by atoms with Crippen LogP contribution in [0.25, 0.3) is 22.3 Å². The first kappa shape index (κ1) is 11.7. The Kier molecular flexibility index (Phi) is 2.67. The molecule has 0 unspecified atom stereocenters. The van der Waals surface area contributed by atoms with Crippen LogP contribution in [0.3, 0.4) is 0 Å². The first-order valence-corrected chi connectivity index (χ1v) is 6.25. The number of nitrogens with zero attached hydrogens (tertiary/aromatic N) is 2. The van der Waals surface area contributed by atoms with Gasteiger partial charge in [-0.1, -0.05) is 35.9 Å². The highest BCUT2D eigenvalue weighted by Crippen LogP contribution is 2.25. The van der Waals surface area contributed by atoms with E-state index in [1.807, 2.05) is 56.3 Å². The van der Waals surface area contributed by atoms with Gasteiger partial charge in [-0.3, -0.25) is 0 Å². The summed E-state index contributed by atoms with van der Waals surface area (Å²) in [6.07, 6.45) is 0. The number of aromatic nitrogens is 2. The largest absolute Gasteiger partial charge is 0.383 e. The molecule has 0 atom stereocenters. The average molecular weight is 249 g/mol. The molecule has 0 aliphatic heterocycles. The molecule has 2 N–H and O–H groups in total. The Bertz CT molecular complexity index is 763. The van der Waals surface area contributed by atoms with Crippen LogP contribution in [0, 0.1) is 13.8 Å². The van der Waals surface area contributed by atoms with Crippen molar-refractivity contribution >= 4 is 16.7 Å². The average Bonchev–Trinajstić information content (AvgIpc) is 2.40. The van der Waals surface area contributed by atoms with E-state index in [9.17, 15) is 0 Å². The number of nitrogen functional groups attached to an aromatic ring is 1. The summed E-state index contributed by atoms with van der Waals surface area (Å²) in [7, 11) is 0. The van der Waals surface area contributed by atoms with Gasteiger partial charge in [-0.2, -0.15) is 0 Å². The molecule has 2 aromatic carbocycles. The van der Waals surface area contributed by atoms with Crippen LogP contribution >= 0.6 is 0 Å². The minimum Gasteiger partial charge on any atom is -0.383 e. The van der Waals surface area contributed by atoms with Crippen molar-refractivity contribution < 1.29 is 0 Å². The van der Waals surface area contributed by atoms with Crippen LogP contribution in [0.15, 0.2) is 42.5 Å². The van der Waals surface area contributed by atoms with E-state index in [2.05, 4.69) is 9.97 Å². The minimum absolute atomic E-state index is 0.534. The maximum absolute atomic E-state index is 6.06. The molecule has 0 aliphatic carbocycles. The third-order valence-electron chi connectivity index (χ3n) is 3.27. The molecule has 0 bridgehead atoms. The van der Waals surface area contributed by atoms with Crippen molar-refractivity contribution in [2.45, 2.75) is 13.8 Å². The lowest BCUT2D eigenvalue weighted by molar-refractivity contribution is 1.22. The van der Waals surface area contributed by atoms with Crippen molar-refractivity contribution in [3.05, 3.63) is 53.6 Å². The number of benzene rings is 2. The quantitative estimate of drug-likeness (QED) is 0.718. The van der Waals surface area contributed by atoms with Gasteiger partial charge in [-0.05, 0) is 31.5 Å². The Hall–Kier alpha value is -2.42. The maximum atomic E-state index is 6.06. The van der Waals surface area contributed by atoms with Crippen molar-refractivity contribution in [2.75, 3.05) is 5.73 Å². The topological polar surface area (TPSA) is 51.8 Å². The first-order chi connectivity index (χ1) is 9.15. The Labute approximate surface area is 112 Å². The summed E-state index contributed by atoms with van der Waals surface area (Å²) in [5, 5.41) is 0.914. The van der Waals surface area contributed by atoms with E-state index in [1.165, 1.54) is 0 Å². The molecule has 19 heavy (non-hydrogen) atoms. The van der Waals surface area contributed by atoms with E-state index in [-0.39, 0.29) is 0 Å². The molecule has 1 aromatic heterocycles. The fraction of sp³-hybridized carbons (Fsp3) is 0.125. The van der Waals surface area contributed by atoms with Crippen LogP contribution in [0.4, 0.5) is 5.82 Å². The molecule has 94 valence electrons. The Morgan fingerprint density at radius 3 is 2.53 bits per heavy atom. The van der Waals surface area contributed by atoms with Gasteiger partial charge in [0.15, 0.2) is 5.82 Å². The number of nitrogens with two attached hydrogens (primary N) is 1. The Morgan fingerprint density at radius 1 is 0.947 bits per heavy atom.